The maximum atomic E-state index is 13.6. The van der Waals surface area contributed by atoms with Crippen LogP contribution >= 0.6 is 11.5 Å². The third-order valence-electron chi connectivity index (χ3n) is 4.61. The van der Waals surface area contributed by atoms with Crippen molar-refractivity contribution >= 4 is 28.3 Å². The topological polar surface area (TPSA) is 61.4 Å². The summed E-state index contributed by atoms with van der Waals surface area (Å²) in [6.07, 6.45) is 0. The highest BCUT2D eigenvalue weighted by molar-refractivity contribution is 7.09. The Morgan fingerprint density at radius 3 is 2.50 bits per heavy atom. The first-order valence-electron chi connectivity index (χ1n) is 9.10. The van der Waals surface area contributed by atoms with Gasteiger partial charge >= 0.3 is 0 Å². The Balaban J connectivity index is 1.30. The van der Waals surface area contributed by atoms with Crippen molar-refractivity contribution in [2.75, 3.05) is 42.9 Å². The Morgan fingerprint density at radius 2 is 1.75 bits per heavy atom. The molecule has 0 atom stereocenters. The van der Waals surface area contributed by atoms with Gasteiger partial charge in [0, 0.05) is 43.3 Å². The van der Waals surface area contributed by atoms with Gasteiger partial charge in [-0.3, -0.25) is 9.69 Å². The minimum atomic E-state index is -0.425. The van der Waals surface area contributed by atoms with Crippen molar-refractivity contribution in [2.24, 2.45) is 0 Å². The number of carbonyl (C=O) groups excluding carboxylic acids is 1. The molecule has 0 spiro atoms. The van der Waals surface area contributed by atoms with Crippen molar-refractivity contribution in [3.05, 3.63) is 60.4 Å². The predicted molar refractivity (Wildman–Crippen MR) is 109 cm³/mol. The number of amides is 1. The molecule has 2 heterocycles. The average Bonchev–Trinajstić information content (AvgIpc) is 3.21. The maximum absolute atomic E-state index is 13.6. The van der Waals surface area contributed by atoms with Gasteiger partial charge < -0.3 is 10.2 Å². The third-order valence-corrected chi connectivity index (χ3v) is 5.38. The van der Waals surface area contributed by atoms with Gasteiger partial charge in [-0.25, -0.2) is 4.39 Å². The number of carbonyl (C=O) groups is 1. The van der Waals surface area contributed by atoms with Gasteiger partial charge in [0.1, 0.15) is 5.82 Å². The highest BCUT2D eigenvalue weighted by Crippen LogP contribution is 2.24. The Kier molecular flexibility index (Phi) is 5.59. The number of piperazine rings is 1. The molecule has 8 heteroatoms. The van der Waals surface area contributed by atoms with Crippen molar-refractivity contribution in [3.8, 4) is 11.4 Å². The van der Waals surface area contributed by atoms with Crippen molar-refractivity contribution < 1.29 is 9.18 Å². The van der Waals surface area contributed by atoms with E-state index in [4.69, 9.17) is 0 Å². The zero-order valence-corrected chi connectivity index (χ0v) is 16.0. The zero-order valence-electron chi connectivity index (χ0n) is 15.2. The van der Waals surface area contributed by atoms with Crippen molar-refractivity contribution in [1.29, 1.82) is 0 Å². The number of rotatable bonds is 5. The van der Waals surface area contributed by atoms with E-state index in [-0.39, 0.29) is 18.1 Å². The molecule has 6 nitrogen and oxygen atoms in total. The number of nitrogens with zero attached hydrogens (tertiary/aromatic N) is 4. The Morgan fingerprint density at radius 1 is 1.04 bits per heavy atom. The van der Waals surface area contributed by atoms with Crippen LogP contribution in [-0.4, -0.2) is 52.9 Å². The molecule has 3 aromatic rings. The molecule has 1 fully saturated rings. The van der Waals surface area contributed by atoms with E-state index in [0.717, 1.165) is 42.7 Å². The fraction of sp³-hybridized carbons (Fsp3) is 0.250. The van der Waals surface area contributed by atoms with E-state index in [0.29, 0.717) is 0 Å². The third kappa shape index (κ3) is 4.35. The SMILES string of the molecule is O=C(CN1CCN(c2nc(-c3ccccc3)ns2)CC1)Nc1ccccc1F. The fourth-order valence-electron chi connectivity index (χ4n) is 3.10. The molecule has 1 amide bonds. The summed E-state index contributed by atoms with van der Waals surface area (Å²) in [6, 6.07) is 16.1. The first-order valence-corrected chi connectivity index (χ1v) is 9.87. The predicted octanol–water partition coefficient (Wildman–Crippen LogP) is 3.10. The van der Waals surface area contributed by atoms with Crippen LogP contribution in [0.3, 0.4) is 0 Å². The lowest BCUT2D eigenvalue weighted by Crippen LogP contribution is -2.48. The molecule has 0 saturated carbocycles. The van der Waals surface area contributed by atoms with Crippen molar-refractivity contribution in [2.45, 2.75) is 0 Å². The molecule has 2 aromatic carbocycles. The quantitative estimate of drug-likeness (QED) is 0.717. The summed E-state index contributed by atoms with van der Waals surface area (Å²) in [5.41, 5.74) is 1.22. The number of nitrogens with one attached hydrogen (secondary N) is 1. The number of hydrogen-bond donors (Lipinski definition) is 1. The van der Waals surface area contributed by atoms with Crippen LogP contribution in [0.15, 0.2) is 54.6 Å². The van der Waals surface area contributed by atoms with E-state index in [2.05, 4.69) is 24.5 Å². The molecule has 1 aliphatic heterocycles. The first-order chi connectivity index (χ1) is 13.7. The van der Waals surface area contributed by atoms with Crippen LogP contribution in [0.1, 0.15) is 0 Å². The van der Waals surface area contributed by atoms with Crippen LogP contribution < -0.4 is 10.2 Å². The summed E-state index contributed by atoms with van der Waals surface area (Å²) < 4.78 is 18.1. The number of halogens is 1. The largest absolute Gasteiger partial charge is 0.344 e. The molecule has 0 bridgehead atoms. The van der Waals surface area contributed by atoms with Gasteiger partial charge in [0.15, 0.2) is 5.82 Å². The van der Waals surface area contributed by atoms with Crippen molar-refractivity contribution in [3.63, 3.8) is 0 Å². The Labute approximate surface area is 166 Å². The molecule has 1 aliphatic rings. The normalized spacial score (nSPS) is 14.8. The van der Waals surface area contributed by atoms with Gasteiger partial charge in [0.05, 0.1) is 12.2 Å². The molecule has 28 heavy (non-hydrogen) atoms. The van der Waals surface area contributed by atoms with E-state index in [1.54, 1.807) is 18.2 Å². The lowest BCUT2D eigenvalue weighted by Gasteiger charge is -2.33. The number of anilines is 2. The second kappa shape index (κ2) is 8.45. The lowest BCUT2D eigenvalue weighted by atomic mass is 10.2. The minimum Gasteiger partial charge on any atom is -0.344 e. The van der Waals surface area contributed by atoms with Gasteiger partial charge in [-0.2, -0.15) is 9.36 Å². The molecule has 4 rings (SSSR count). The monoisotopic (exact) mass is 397 g/mol. The Bertz CT molecular complexity index is 941. The highest BCUT2D eigenvalue weighted by atomic mass is 32.1. The zero-order chi connectivity index (χ0) is 19.3. The van der Waals surface area contributed by atoms with Crippen LogP contribution in [-0.2, 0) is 4.79 Å². The summed E-state index contributed by atoms with van der Waals surface area (Å²) in [7, 11) is 0. The molecule has 1 N–H and O–H groups in total. The number of aromatic nitrogens is 2. The highest BCUT2D eigenvalue weighted by Gasteiger charge is 2.22. The molecule has 144 valence electrons. The van der Waals surface area contributed by atoms with Gasteiger partial charge in [0.25, 0.3) is 0 Å². The average molecular weight is 397 g/mol. The van der Waals surface area contributed by atoms with Gasteiger partial charge in [-0.1, -0.05) is 42.5 Å². The van der Waals surface area contributed by atoms with E-state index in [1.165, 1.54) is 17.6 Å². The van der Waals surface area contributed by atoms with E-state index >= 15 is 0 Å². The van der Waals surface area contributed by atoms with Crippen LogP contribution in [0, 0.1) is 5.82 Å². The van der Waals surface area contributed by atoms with Gasteiger partial charge in [-0.15, -0.1) is 0 Å². The first kappa shape index (κ1) is 18.5. The van der Waals surface area contributed by atoms with Crippen LogP contribution in [0.25, 0.3) is 11.4 Å². The second-order valence-corrected chi connectivity index (χ2v) is 7.29. The number of benzene rings is 2. The van der Waals surface area contributed by atoms with Gasteiger partial charge in [0.2, 0.25) is 11.0 Å². The van der Waals surface area contributed by atoms with Crippen LogP contribution in [0.2, 0.25) is 0 Å². The minimum absolute atomic E-state index is 0.208. The number of para-hydroxylation sites is 1. The standard InChI is InChI=1S/C20H20FN5OS/c21-16-8-4-5-9-17(16)22-18(27)14-25-10-12-26(13-11-25)20-23-19(24-28-20)15-6-2-1-3-7-15/h1-9H,10-14H2,(H,22,27). The second-order valence-electron chi connectivity index (χ2n) is 6.56. The van der Waals surface area contributed by atoms with Gasteiger partial charge in [-0.05, 0) is 12.1 Å². The van der Waals surface area contributed by atoms with Crippen LogP contribution in [0.4, 0.5) is 15.2 Å². The van der Waals surface area contributed by atoms with Crippen molar-refractivity contribution in [1.82, 2.24) is 14.3 Å². The fourth-order valence-corrected chi connectivity index (χ4v) is 3.84. The molecule has 1 aromatic heterocycles. The summed E-state index contributed by atoms with van der Waals surface area (Å²) >= 11 is 1.39. The van der Waals surface area contributed by atoms with E-state index in [9.17, 15) is 9.18 Å². The molecule has 0 aliphatic carbocycles. The maximum Gasteiger partial charge on any atom is 0.238 e. The Hall–Kier alpha value is -2.84. The lowest BCUT2D eigenvalue weighted by molar-refractivity contribution is -0.117. The van der Waals surface area contributed by atoms with Crippen LogP contribution in [0.5, 0.6) is 0 Å². The number of hydrogen-bond acceptors (Lipinski definition) is 6. The smallest absolute Gasteiger partial charge is 0.238 e. The van der Waals surface area contributed by atoms with E-state index in [1.807, 2.05) is 30.3 Å². The molecule has 0 unspecified atom stereocenters. The summed E-state index contributed by atoms with van der Waals surface area (Å²) in [5.74, 6) is 0.110. The van der Waals surface area contributed by atoms with E-state index < -0.39 is 5.82 Å². The summed E-state index contributed by atoms with van der Waals surface area (Å²) in [4.78, 5) is 21.1. The molecule has 1 saturated heterocycles. The molecular formula is C20H20FN5OS. The summed E-state index contributed by atoms with van der Waals surface area (Å²) in [6.45, 7) is 3.27. The molecule has 0 radical (unpaired) electrons. The molecular weight excluding hydrogens is 377 g/mol. The summed E-state index contributed by atoms with van der Waals surface area (Å²) in [5, 5.41) is 3.53.